The molecular weight excluding hydrogens is 419 g/mol. The minimum Gasteiger partial charge on any atom is -0.397 e. The van der Waals surface area contributed by atoms with E-state index in [4.69, 9.17) is 11.5 Å². The molecule has 0 radical (unpaired) electrons. The maximum atomic E-state index is 14.2. The summed E-state index contributed by atoms with van der Waals surface area (Å²) in [5, 5.41) is 0. The highest BCUT2D eigenvalue weighted by Crippen LogP contribution is 2.28. The van der Waals surface area contributed by atoms with Crippen molar-refractivity contribution in [1.82, 2.24) is 9.97 Å². The number of halogens is 3. The van der Waals surface area contributed by atoms with Crippen LogP contribution in [0.3, 0.4) is 0 Å². The van der Waals surface area contributed by atoms with E-state index in [1.807, 2.05) is 4.90 Å². The Morgan fingerprint density at radius 3 is 2.62 bits per heavy atom. The number of rotatable bonds is 5. The Hall–Kier alpha value is -3.46. The molecule has 4 rings (SSSR count). The predicted octanol–water partition coefficient (Wildman–Crippen LogP) is 3.30. The summed E-state index contributed by atoms with van der Waals surface area (Å²) in [7, 11) is 0. The number of hydrogen-bond acceptors (Lipinski definition) is 6. The van der Waals surface area contributed by atoms with Gasteiger partial charge in [-0.25, -0.2) is 18.2 Å². The molecule has 0 unspecified atom stereocenters. The molecule has 1 aromatic carbocycles. The van der Waals surface area contributed by atoms with E-state index in [1.54, 1.807) is 18.5 Å². The molecule has 0 aliphatic carbocycles. The van der Waals surface area contributed by atoms with Gasteiger partial charge in [-0.1, -0.05) is 6.07 Å². The summed E-state index contributed by atoms with van der Waals surface area (Å²) in [4.78, 5) is 23.3. The molecule has 1 aliphatic heterocycles. The van der Waals surface area contributed by atoms with E-state index in [2.05, 4.69) is 9.97 Å². The summed E-state index contributed by atoms with van der Waals surface area (Å²) in [5.74, 6) is -2.01. The SMILES string of the molecule is Nc1ccc(-c2c(F)cccc2F)nc1C(=O)Cc1cnccc1N1CC[C@@H](F)[C@H](N)C1. The number of alkyl halides is 1. The van der Waals surface area contributed by atoms with Crippen molar-refractivity contribution in [2.75, 3.05) is 23.7 Å². The number of aromatic nitrogens is 2. The van der Waals surface area contributed by atoms with Crippen LogP contribution < -0.4 is 16.4 Å². The molecule has 4 N–H and O–H groups in total. The lowest BCUT2D eigenvalue weighted by Gasteiger charge is -2.35. The van der Waals surface area contributed by atoms with Crippen LogP contribution in [0.1, 0.15) is 22.5 Å². The molecule has 32 heavy (non-hydrogen) atoms. The molecule has 6 nitrogen and oxygen atoms in total. The number of benzene rings is 1. The van der Waals surface area contributed by atoms with Gasteiger partial charge in [-0.3, -0.25) is 9.78 Å². The van der Waals surface area contributed by atoms with Gasteiger partial charge in [0, 0.05) is 43.2 Å². The maximum absolute atomic E-state index is 14.2. The topological polar surface area (TPSA) is 98.1 Å². The summed E-state index contributed by atoms with van der Waals surface area (Å²) in [6.07, 6.45) is 2.28. The fourth-order valence-electron chi connectivity index (χ4n) is 3.87. The van der Waals surface area contributed by atoms with Crippen molar-refractivity contribution in [3.63, 3.8) is 0 Å². The van der Waals surface area contributed by atoms with Gasteiger partial charge in [0.2, 0.25) is 0 Å². The first-order valence-electron chi connectivity index (χ1n) is 10.2. The van der Waals surface area contributed by atoms with E-state index in [-0.39, 0.29) is 29.1 Å². The molecule has 0 bridgehead atoms. The van der Waals surface area contributed by atoms with Crippen molar-refractivity contribution >= 4 is 17.2 Å². The highest BCUT2D eigenvalue weighted by molar-refractivity contribution is 6.01. The van der Waals surface area contributed by atoms with Gasteiger partial charge in [-0.15, -0.1) is 0 Å². The van der Waals surface area contributed by atoms with Gasteiger partial charge < -0.3 is 16.4 Å². The first kappa shape index (κ1) is 21.8. The fraction of sp³-hybridized carbons (Fsp3) is 0.261. The molecule has 3 aromatic rings. The Kier molecular flexibility index (Phi) is 6.09. The lowest BCUT2D eigenvalue weighted by molar-refractivity contribution is 0.0989. The first-order chi connectivity index (χ1) is 15.3. The van der Waals surface area contributed by atoms with Gasteiger partial charge in [-0.2, -0.15) is 0 Å². The number of hydrogen-bond donors (Lipinski definition) is 2. The van der Waals surface area contributed by atoms with Crippen molar-refractivity contribution in [2.45, 2.75) is 25.1 Å². The second-order valence-electron chi connectivity index (χ2n) is 7.75. The number of ketones is 1. The largest absolute Gasteiger partial charge is 0.397 e. The minimum atomic E-state index is -1.07. The zero-order valence-corrected chi connectivity index (χ0v) is 17.1. The van der Waals surface area contributed by atoms with E-state index in [9.17, 15) is 18.0 Å². The van der Waals surface area contributed by atoms with Crippen molar-refractivity contribution < 1.29 is 18.0 Å². The van der Waals surface area contributed by atoms with Crippen LogP contribution in [0, 0.1) is 11.6 Å². The lowest BCUT2D eigenvalue weighted by Crippen LogP contribution is -2.50. The van der Waals surface area contributed by atoms with Crippen molar-refractivity contribution in [3.05, 3.63) is 71.7 Å². The highest BCUT2D eigenvalue weighted by atomic mass is 19.1. The molecule has 3 heterocycles. The summed E-state index contributed by atoms with van der Waals surface area (Å²) >= 11 is 0. The zero-order chi connectivity index (χ0) is 22.8. The van der Waals surface area contributed by atoms with E-state index in [0.717, 1.165) is 17.8 Å². The Bertz CT molecular complexity index is 1140. The molecule has 2 aromatic heterocycles. The average molecular weight is 441 g/mol. The number of carbonyl (C=O) groups is 1. The molecule has 0 spiro atoms. The number of piperidine rings is 1. The van der Waals surface area contributed by atoms with Crippen LogP contribution in [0.15, 0.2) is 48.8 Å². The molecule has 0 saturated carbocycles. The quantitative estimate of drug-likeness (QED) is 0.590. The van der Waals surface area contributed by atoms with Crippen LogP contribution in [0.5, 0.6) is 0 Å². The van der Waals surface area contributed by atoms with Crippen molar-refractivity contribution in [3.8, 4) is 11.3 Å². The molecule has 166 valence electrons. The van der Waals surface area contributed by atoms with Gasteiger partial charge in [0.25, 0.3) is 0 Å². The molecule has 1 fully saturated rings. The van der Waals surface area contributed by atoms with Crippen LogP contribution >= 0.6 is 0 Å². The summed E-state index contributed by atoms with van der Waals surface area (Å²) in [5.41, 5.74) is 12.8. The standard InChI is InChI=1S/C23H22F3N5O/c24-14-7-9-31(12-18(14)28)20-6-8-29-11-13(20)10-21(32)23-17(27)4-5-19(30-23)22-15(25)2-1-3-16(22)26/h1-6,8,11,14,18H,7,9-10,12,27-28H2/t14-,18-/m1/s1. The highest BCUT2D eigenvalue weighted by Gasteiger charge is 2.28. The number of nitrogens with zero attached hydrogens (tertiary/aromatic N) is 3. The molecular formula is C23H22F3N5O. The zero-order valence-electron chi connectivity index (χ0n) is 17.1. The van der Waals surface area contributed by atoms with Crippen LogP contribution in [-0.2, 0) is 6.42 Å². The monoisotopic (exact) mass is 441 g/mol. The Morgan fingerprint density at radius 1 is 1.16 bits per heavy atom. The maximum Gasteiger partial charge on any atom is 0.187 e. The number of nitrogens with two attached hydrogens (primary N) is 2. The Balaban J connectivity index is 1.63. The van der Waals surface area contributed by atoms with Gasteiger partial charge in [-0.05, 0) is 36.8 Å². The van der Waals surface area contributed by atoms with E-state index < -0.39 is 29.6 Å². The van der Waals surface area contributed by atoms with Crippen molar-refractivity contribution in [1.29, 1.82) is 0 Å². The van der Waals surface area contributed by atoms with E-state index in [1.165, 1.54) is 18.2 Å². The molecule has 2 atom stereocenters. The van der Waals surface area contributed by atoms with Crippen LogP contribution in [0.4, 0.5) is 24.5 Å². The van der Waals surface area contributed by atoms with Gasteiger partial charge >= 0.3 is 0 Å². The molecule has 9 heteroatoms. The van der Waals surface area contributed by atoms with Gasteiger partial charge in [0.15, 0.2) is 5.78 Å². The third-order valence-electron chi connectivity index (χ3n) is 5.55. The fourth-order valence-corrected chi connectivity index (χ4v) is 3.87. The number of Topliss-reactive ketones (excluding diaryl/α,β-unsaturated/α-hetero) is 1. The average Bonchev–Trinajstić information content (AvgIpc) is 2.77. The lowest BCUT2D eigenvalue weighted by atomic mass is 10.0. The predicted molar refractivity (Wildman–Crippen MR) is 116 cm³/mol. The Morgan fingerprint density at radius 2 is 1.91 bits per heavy atom. The van der Waals surface area contributed by atoms with E-state index >= 15 is 0 Å². The second-order valence-corrected chi connectivity index (χ2v) is 7.75. The first-order valence-corrected chi connectivity index (χ1v) is 10.2. The van der Waals surface area contributed by atoms with E-state index in [0.29, 0.717) is 25.1 Å². The molecule has 1 saturated heterocycles. The third kappa shape index (κ3) is 4.29. The third-order valence-corrected chi connectivity index (χ3v) is 5.55. The normalized spacial score (nSPS) is 18.6. The van der Waals surface area contributed by atoms with Crippen molar-refractivity contribution in [2.24, 2.45) is 5.73 Å². The van der Waals surface area contributed by atoms with Crippen LogP contribution in [0.25, 0.3) is 11.3 Å². The smallest absolute Gasteiger partial charge is 0.187 e. The van der Waals surface area contributed by atoms with Gasteiger partial charge in [0.05, 0.1) is 23.0 Å². The molecule has 0 amide bonds. The number of nitrogen functional groups attached to an aromatic ring is 1. The number of anilines is 2. The minimum absolute atomic E-state index is 0.0273. The van der Waals surface area contributed by atoms with Crippen LogP contribution in [-0.4, -0.2) is 41.1 Å². The molecule has 1 aliphatic rings. The summed E-state index contributed by atoms with van der Waals surface area (Å²) in [6, 6.07) is 7.37. The van der Waals surface area contributed by atoms with Gasteiger partial charge in [0.1, 0.15) is 23.5 Å². The summed E-state index contributed by atoms with van der Waals surface area (Å²) in [6.45, 7) is 0.775. The summed E-state index contributed by atoms with van der Waals surface area (Å²) < 4.78 is 42.2. The number of carbonyl (C=O) groups excluding carboxylic acids is 1. The number of pyridine rings is 2. The second kappa shape index (κ2) is 8.96. The van der Waals surface area contributed by atoms with Crippen LogP contribution in [0.2, 0.25) is 0 Å². The Labute approximate surface area is 183 Å².